The average Bonchev–Trinajstić information content (AvgIpc) is 3.56. The zero-order chi connectivity index (χ0) is 27.0. The van der Waals surface area contributed by atoms with E-state index in [2.05, 4.69) is 48.9 Å². The SMILES string of the molecule is COC(=S)NCc1cn(-c2ccc(NCCNC(=O)[C@@H]3CCCN3C(=O)OC(C)(C)CI)c(F)c2)nn1. The first-order valence-electron chi connectivity index (χ1n) is 11.7. The van der Waals surface area contributed by atoms with Crippen LogP contribution in [0.25, 0.3) is 5.69 Å². The van der Waals surface area contributed by atoms with Crippen molar-refractivity contribution in [1.29, 1.82) is 0 Å². The van der Waals surface area contributed by atoms with Crippen molar-refractivity contribution in [1.82, 2.24) is 30.5 Å². The normalized spacial score (nSPS) is 15.3. The lowest BCUT2D eigenvalue weighted by atomic mass is 10.2. The van der Waals surface area contributed by atoms with Crippen molar-refractivity contribution in [3.63, 3.8) is 0 Å². The first kappa shape index (κ1) is 28.8. The molecule has 1 saturated heterocycles. The monoisotopic (exact) mass is 647 g/mol. The summed E-state index contributed by atoms with van der Waals surface area (Å²) in [7, 11) is 1.47. The van der Waals surface area contributed by atoms with E-state index in [0.29, 0.717) is 41.9 Å². The minimum Gasteiger partial charge on any atom is -0.474 e. The molecule has 2 aromatic rings. The third kappa shape index (κ3) is 8.12. The standard InChI is InChI=1S/C23H31FIN7O4S/c1-23(2,14-25)36-22(34)31-10-4-5-19(31)20(33)27-9-8-26-18-7-6-16(11-17(18)24)32-13-15(29-30-32)12-28-21(37)35-3/h6-7,11,13,19,26H,4-5,8-10,12,14H2,1-3H3,(H,27,33)(H,28,37)/t19-/m0/s1. The Morgan fingerprint density at radius 2 is 2.08 bits per heavy atom. The maximum atomic E-state index is 14.7. The van der Waals surface area contributed by atoms with Crippen LogP contribution in [0.3, 0.4) is 0 Å². The molecule has 0 unspecified atom stereocenters. The number of carbonyl (C=O) groups is 2. The summed E-state index contributed by atoms with van der Waals surface area (Å²) in [6, 6.07) is 4.07. The number of rotatable bonds is 10. The van der Waals surface area contributed by atoms with E-state index in [1.807, 2.05) is 13.8 Å². The molecular formula is C23H31FIN7O4S. The first-order valence-corrected chi connectivity index (χ1v) is 13.7. The van der Waals surface area contributed by atoms with Gasteiger partial charge in [0.2, 0.25) is 5.91 Å². The number of amides is 2. The van der Waals surface area contributed by atoms with Gasteiger partial charge in [0.1, 0.15) is 23.2 Å². The summed E-state index contributed by atoms with van der Waals surface area (Å²) in [6.07, 6.45) is 2.49. The highest BCUT2D eigenvalue weighted by molar-refractivity contribution is 14.1. The van der Waals surface area contributed by atoms with Crippen LogP contribution in [0.2, 0.25) is 0 Å². The molecule has 1 aromatic heterocycles. The molecule has 2 amide bonds. The molecule has 3 N–H and O–H groups in total. The quantitative estimate of drug-likeness (QED) is 0.155. The Balaban J connectivity index is 1.47. The number of methoxy groups -OCH3 is 1. The zero-order valence-electron chi connectivity index (χ0n) is 20.9. The highest BCUT2D eigenvalue weighted by Gasteiger charge is 2.37. The second kappa shape index (κ2) is 13.2. The molecule has 0 bridgehead atoms. The van der Waals surface area contributed by atoms with Crippen molar-refractivity contribution < 1.29 is 23.5 Å². The summed E-state index contributed by atoms with van der Waals surface area (Å²) >= 11 is 7.08. The molecule has 0 radical (unpaired) electrons. The molecule has 3 rings (SSSR count). The van der Waals surface area contributed by atoms with Gasteiger partial charge in [-0.3, -0.25) is 9.69 Å². The van der Waals surface area contributed by atoms with E-state index in [4.69, 9.17) is 21.7 Å². The van der Waals surface area contributed by atoms with Gasteiger partial charge in [0.25, 0.3) is 5.17 Å². The number of nitrogens with zero attached hydrogens (tertiary/aromatic N) is 4. The molecule has 0 aliphatic carbocycles. The van der Waals surface area contributed by atoms with Crippen LogP contribution in [-0.4, -0.2) is 79.9 Å². The molecule has 1 aromatic carbocycles. The summed E-state index contributed by atoms with van der Waals surface area (Å²) in [5.41, 5.74) is 0.803. The van der Waals surface area contributed by atoms with Crippen LogP contribution < -0.4 is 16.0 Å². The Kier molecular flexibility index (Phi) is 10.3. The number of halogens is 2. The van der Waals surface area contributed by atoms with E-state index in [-0.39, 0.29) is 23.3 Å². The van der Waals surface area contributed by atoms with Crippen molar-refractivity contribution in [2.24, 2.45) is 0 Å². The van der Waals surface area contributed by atoms with E-state index in [1.165, 1.54) is 22.8 Å². The third-order valence-electron chi connectivity index (χ3n) is 5.57. The summed E-state index contributed by atoms with van der Waals surface area (Å²) in [5, 5.41) is 16.9. The van der Waals surface area contributed by atoms with Crippen molar-refractivity contribution in [3.05, 3.63) is 35.9 Å². The van der Waals surface area contributed by atoms with Gasteiger partial charge in [-0.2, -0.15) is 0 Å². The number of aromatic nitrogens is 3. The topological polar surface area (TPSA) is 123 Å². The Morgan fingerprint density at radius 3 is 2.78 bits per heavy atom. The summed E-state index contributed by atoms with van der Waals surface area (Å²) in [4.78, 5) is 26.7. The molecule has 11 nitrogen and oxygen atoms in total. The van der Waals surface area contributed by atoms with E-state index in [0.717, 1.165) is 6.42 Å². The summed E-state index contributed by atoms with van der Waals surface area (Å²) in [6.45, 7) is 5.05. The Labute approximate surface area is 233 Å². The smallest absolute Gasteiger partial charge is 0.411 e. The maximum absolute atomic E-state index is 14.7. The molecule has 37 heavy (non-hydrogen) atoms. The van der Waals surface area contributed by atoms with Gasteiger partial charge in [0.05, 0.1) is 31.2 Å². The minimum atomic E-state index is -0.601. The number of ether oxygens (including phenoxy) is 2. The van der Waals surface area contributed by atoms with Gasteiger partial charge in [-0.25, -0.2) is 13.9 Å². The number of likely N-dealkylation sites (tertiary alicyclic amines) is 1. The first-order chi connectivity index (χ1) is 17.6. The van der Waals surface area contributed by atoms with E-state index < -0.39 is 23.6 Å². The van der Waals surface area contributed by atoms with Crippen LogP contribution in [0.4, 0.5) is 14.9 Å². The van der Waals surface area contributed by atoms with E-state index in [9.17, 15) is 14.0 Å². The summed E-state index contributed by atoms with van der Waals surface area (Å²) < 4.78 is 27.2. The lowest BCUT2D eigenvalue weighted by Crippen LogP contribution is -2.48. The van der Waals surface area contributed by atoms with Crippen molar-refractivity contribution in [3.8, 4) is 5.69 Å². The number of anilines is 1. The van der Waals surface area contributed by atoms with Crippen LogP contribution in [0.15, 0.2) is 24.4 Å². The maximum Gasteiger partial charge on any atom is 0.411 e. The predicted octanol–water partition coefficient (Wildman–Crippen LogP) is 2.77. The van der Waals surface area contributed by atoms with Gasteiger partial charge >= 0.3 is 6.09 Å². The zero-order valence-corrected chi connectivity index (χ0v) is 23.9. The Hall–Kier alpha value is -2.75. The fourth-order valence-corrected chi connectivity index (χ4v) is 3.84. The van der Waals surface area contributed by atoms with Gasteiger partial charge in [-0.15, -0.1) is 5.10 Å². The highest BCUT2D eigenvalue weighted by Crippen LogP contribution is 2.22. The van der Waals surface area contributed by atoms with Crippen LogP contribution >= 0.6 is 34.8 Å². The number of carbonyl (C=O) groups excluding carboxylic acids is 2. The van der Waals surface area contributed by atoms with Gasteiger partial charge in [0.15, 0.2) is 0 Å². The molecule has 1 fully saturated rings. The van der Waals surface area contributed by atoms with E-state index in [1.54, 1.807) is 18.3 Å². The second-order valence-electron chi connectivity index (χ2n) is 8.99. The lowest BCUT2D eigenvalue weighted by Gasteiger charge is -2.29. The van der Waals surface area contributed by atoms with Crippen LogP contribution in [0, 0.1) is 5.82 Å². The molecule has 0 saturated carbocycles. The van der Waals surface area contributed by atoms with Crippen LogP contribution in [-0.2, 0) is 20.8 Å². The molecule has 0 spiro atoms. The number of benzene rings is 1. The fourth-order valence-electron chi connectivity index (χ4n) is 3.61. The second-order valence-corrected chi connectivity index (χ2v) is 10.1. The van der Waals surface area contributed by atoms with Crippen molar-refractivity contribution in [2.75, 3.05) is 36.5 Å². The molecular weight excluding hydrogens is 616 g/mol. The number of hydrogen-bond acceptors (Lipinski definition) is 8. The Bertz CT molecular complexity index is 1120. The van der Waals surface area contributed by atoms with Gasteiger partial charge in [-0.1, -0.05) is 27.8 Å². The molecule has 1 aliphatic rings. The Morgan fingerprint density at radius 1 is 1.30 bits per heavy atom. The third-order valence-corrected chi connectivity index (χ3v) is 7.72. The van der Waals surface area contributed by atoms with Crippen LogP contribution in [0.1, 0.15) is 32.4 Å². The minimum absolute atomic E-state index is 0.242. The molecule has 1 aliphatic heterocycles. The number of hydrogen-bond donors (Lipinski definition) is 3. The number of thiocarbonyl (C=S) groups is 1. The lowest BCUT2D eigenvalue weighted by molar-refractivity contribution is -0.125. The van der Waals surface area contributed by atoms with Crippen molar-refractivity contribution >= 4 is 57.7 Å². The van der Waals surface area contributed by atoms with Gasteiger partial charge in [-0.05, 0) is 51.0 Å². The van der Waals surface area contributed by atoms with E-state index >= 15 is 0 Å². The van der Waals surface area contributed by atoms with Crippen molar-refractivity contribution in [2.45, 2.75) is 44.9 Å². The molecule has 202 valence electrons. The number of nitrogens with one attached hydrogen (secondary N) is 3. The summed E-state index contributed by atoms with van der Waals surface area (Å²) in [5.74, 6) is -0.718. The largest absolute Gasteiger partial charge is 0.474 e. The molecule has 1 atom stereocenters. The van der Waals surface area contributed by atoms with Crippen LogP contribution in [0.5, 0.6) is 0 Å². The molecule has 2 heterocycles. The predicted molar refractivity (Wildman–Crippen MR) is 148 cm³/mol. The molecule has 14 heteroatoms. The van der Waals surface area contributed by atoms with Gasteiger partial charge in [0, 0.05) is 30.1 Å². The average molecular weight is 648 g/mol. The fraction of sp³-hybridized carbons (Fsp3) is 0.522. The number of alkyl halides is 1. The highest BCUT2D eigenvalue weighted by atomic mass is 127. The van der Waals surface area contributed by atoms with Gasteiger partial charge < -0.3 is 25.4 Å².